The molecule has 0 bridgehead atoms. The summed E-state index contributed by atoms with van der Waals surface area (Å²) in [4.78, 5) is 22.6. The molecule has 1 aromatic carbocycles. The molecule has 6 heteroatoms. The number of carbonyl (C=O) groups is 1. The van der Waals surface area contributed by atoms with Crippen LogP contribution >= 0.6 is 0 Å². The number of rotatable bonds is 4. The van der Waals surface area contributed by atoms with E-state index in [1.54, 1.807) is 31.4 Å². The fourth-order valence-electron chi connectivity index (χ4n) is 2.53. The van der Waals surface area contributed by atoms with Crippen molar-refractivity contribution < 1.29 is 4.79 Å². The molecule has 2 heterocycles. The van der Waals surface area contributed by atoms with Crippen LogP contribution in [0.1, 0.15) is 15.9 Å². The Balaban J connectivity index is 1.78. The minimum atomic E-state index is -0.0224. The maximum atomic E-state index is 12.6. The second-order valence-corrected chi connectivity index (χ2v) is 5.53. The van der Waals surface area contributed by atoms with Gasteiger partial charge in [-0.3, -0.25) is 4.79 Å². The lowest BCUT2D eigenvalue weighted by Crippen LogP contribution is -2.26. The number of aryl methyl sites for hydroxylation is 1. The van der Waals surface area contributed by atoms with E-state index in [2.05, 4.69) is 15.3 Å². The van der Waals surface area contributed by atoms with Crippen LogP contribution in [-0.2, 0) is 13.6 Å². The first-order valence-corrected chi connectivity index (χ1v) is 7.37. The lowest BCUT2D eigenvalue weighted by Gasteiger charge is -2.17. The van der Waals surface area contributed by atoms with Gasteiger partial charge in [0.15, 0.2) is 0 Å². The molecule has 1 amide bonds. The zero-order valence-electron chi connectivity index (χ0n) is 13.4. The van der Waals surface area contributed by atoms with Gasteiger partial charge in [-0.1, -0.05) is 6.07 Å². The molecule has 3 rings (SSSR count). The van der Waals surface area contributed by atoms with Gasteiger partial charge in [-0.05, 0) is 23.6 Å². The Morgan fingerprint density at radius 1 is 1.26 bits per heavy atom. The van der Waals surface area contributed by atoms with Gasteiger partial charge >= 0.3 is 0 Å². The maximum Gasteiger partial charge on any atom is 0.253 e. The predicted molar refractivity (Wildman–Crippen MR) is 90.3 cm³/mol. The number of amides is 1. The van der Waals surface area contributed by atoms with Gasteiger partial charge in [-0.25, -0.2) is 9.97 Å². The van der Waals surface area contributed by atoms with E-state index in [1.165, 1.54) is 0 Å². The maximum absolute atomic E-state index is 12.6. The topological polar surface area (TPSA) is 63.1 Å². The average Bonchev–Trinajstić information content (AvgIpc) is 2.95. The summed E-state index contributed by atoms with van der Waals surface area (Å²) in [5.41, 5.74) is 2.61. The minimum Gasteiger partial charge on any atom is -0.357 e. The highest BCUT2D eigenvalue weighted by Gasteiger charge is 2.13. The molecule has 0 aliphatic carbocycles. The number of carbonyl (C=O) groups excluding carboxylic acids is 1. The Hall–Kier alpha value is -2.89. The van der Waals surface area contributed by atoms with E-state index in [4.69, 9.17) is 0 Å². The number of nitrogens with one attached hydrogen (secondary N) is 1. The standard InChI is InChI=1S/C17H19N5O/c1-18-17-19-9-12(10-20-17)11-22(3)16(23)14-5-4-13-6-7-21(2)15(13)8-14/h4-10H,11H2,1-3H3,(H,18,19,20). The lowest BCUT2D eigenvalue weighted by molar-refractivity contribution is 0.0785. The number of benzene rings is 1. The van der Waals surface area contributed by atoms with Crippen LogP contribution in [-0.4, -0.2) is 39.4 Å². The highest BCUT2D eigenvalue weighted by atomic mass is 16.2. The molecule has 0 unspecified atom stereocenters. The molecule has 0 radical (unpaired) electrons. The van der Waals surface area contributed by atoms with Gasteiger partial charge < -0.3 is 14.8 Å². The summed E-state index contributed by atoms with van der Waals surface area (Å²) in [6, 6.07) is 7.80. The van der Waals surface area contributed by atoms with Gasteiger partial charge in [-0.2, -0.15) is 0 Å². The number of hydrogen-bond acceptors (Lipinski definition) is 4. The predicted octanol–water partition coefficient (Wildman–Crippen LogP) is 2.28. The zero-order chi connectivity index (χ0) is 16.4. The molecule has 0 spiro atoms. The molecule has 0 saturated heterocycles. The van der Waals surface area contributed by atoms with Gasteiger partial charge in [0.1, 0.15) is 0 Å². The van der Waals surface area contributed by atoms with Crippen molar-refractivity contribution >= 4 is 22.8 Å². The van der Waals surface area contributed by atoms with E-state index >= 15 is 0 Å². The summed E-state index contributed by atoms with van der Waals surface area (Å²) < 4.78 is 2.01. The Kier molecular flexibility index (Phi) is 3.97. The van der Waals surface area contributed by atoms with Crippen molar-refractivity contribution in [3.63, 3.8) is 0 Å². The van der Waals surface area contributed by atoms with Crippen molar-refractivity contribution in [2.24, 2.45) is 7.05 Å². The third-order valence-electron chi connectivity index (χ3n) is 3.83. The Bertz CT molecular complexity index is 838. The third-order valence-corrected chi connectivity index (χ3v) is 3.83. The van der Waals surface area contributed by atoms with E-state index in [0.29, 0.717) is 18.1 Å². The number of nitrogens with zero attached hydrogens (tertiary/aromatic N) is 4. The van der Waals surface area contributed by atoms with Crippen molar-refractivity contribution in [2.45, 2.75) is 6.54 Å². The summed E-state index contributed by atoms with van der Waals surface area (Å²) in [6.45, 7) is 0.466. The molecule has 3 aromatic rings. The Labute approximate surface area is 134 Å². The Morgan fingerprint density at radius 3 is 2.70 bits per heavy atom. The SMILES string of the molecule is CNc1ncc(CN(C)C(=O)c2ccc3ccn(C)c3c2)cn1. The first-order chi connectivity index (χ1) is 11.1. The van der Waals surface area contributed by atoms with Gasteiger partial charge in [0, 0.05) is 62.9 Å². The molecule has 0 saturated carbocycles. The molecule has 0 aliphatic heterocycles. The highest BCUT2D eigenvalue weighted by Crippen LogP contribution is 2.18. The minimum absolute atomic E-state index is 0.0224. The quantitative estimate of drug-likeness (QED) is 0.803. The Morgan fingerprint density at radius 2 is 2.00 bits per heavy atom. The first-order valence-electron chi connectivity index (χ1n) is 7.37. The van der Waals surface area contributed by atoms with Crippen LogP contribution in [0.25, 0.3) is 10.9 Å². The van der Waals surface area contributed by atoms with Crippen molar-refractivity contribution in [3.05, 3.63) is 54.0 Å². The monoisotopic (exact) mass is 309 g/mol. The van der Waals surface area contributed by atoms with Crippen LogP contribution in [0.2, 0.25) is 0 Å². The highest BCUT2D eigenvalue weighted by molar-refractivity contribution is 5.97. The molecule has 6 nitrogen and oxygen atoms in total. The van der Waals surface area contributed by atoms with Crippen molar-refractivity contribution in [2.75, 3.05) is 19.4 Å². The second-order valence-electron chi connectivity index (χ2n) is 5.53. The van der Waals surface area contributed by atoms with Crippen LogP contribution in [0, 0.1) is 0 Å². The summed E-state index contributed by atoms with van der Waals surface area (Å²) in [5.74, 6) is 0.544. The van der Waals surface area contributed by atoms with Gasteiger partial charge in [0.25, 0.3) is 5.91 Å². The normalized spacial score (nSPS) is 10.7. The van der Waals surface area contributed by atoms with E-state index in [0.717, 1.165) is 16.5 Å². The van der Waals surface area contributed by atoms with Crippen molar-refractivity contribution in [3.8, 4) is 0 Å². The van der Waals surface area contributed by atoms with Crippen LogP contribution in [0.15, 0.2) is 42.9 Å². The summed E-state index contributed by atoms with van der Waals surface area (Å²) in [7, 11) is 5.52. The molecular weight excluding hydrogens is 290 g/mol. The molecule has 1 N–H and O–H groups in total. The second kappa shape index (κ2) is 6.08. The van der Waals surface area contributed by atoms with Crippen molar-refractivity contribution in [1.29, 1.82) is 0 Å². The number of anilines is 1. The number of hydrogen-bond donors (Lipinski definition) is 1. The molecule has 0 atom stereocenters. The van der Waals surface area contributed by atoms with Crippen LogP contribution < -0.4 is 5.32 Å². The van der Waals surface area contributed by atoms with Gasteiger partial charge in [-0.15, -0.1) is 0 Å². The number of fused-ring (bicyclic) bond motifs is 1. The van der Waals surface area contributed by atoms with E-state index < -0.39 is 0 Å². The summed E-state index contributed by atoms with van der Waals surface area (Å²) in [5, 5.41) is 4.00. The molecule has 0 fully saturated rings. The molecule has 0 aliphatic rings. The lowest BCUT2D eigenvalue weighted by atomic mass is 10.1. The van der Waals surface area contributed by atoms with E-state index in [9.17, 15) is 4.79 Å². The van der Waals surface area contributed by atoms with Crippen molar-refractivity contribution in [1.82, 2.24) is 19.4 Å². The molecule has 2 aromatic heterocycles. The molecule has 118 valence electrons. The first kappa shape index (κ1) is 15.0. The summed E-state index contributed by atoms with van der Waals surface area (Å²) >= 11 is 0. The zero-order valence-corrected chi connectivity index (χ0v) is 13.4. The van der Waals surface area contributed by atoms with E-state index in [1.807, 2.05) is 42.1 Å². The van der Waals surface area contributed by atoms with Gasteiger partial charge in [0.05, 0.1) is 0 Å². The average molecular weight is 309 g/mol. The fraction of sp³-hybridized carbons (Fsp3) is 0.235. The van der Waals surface area contributed by atoms with Gasteiger partial charge in [0.2, 0.25) is 5.95 Å². The van der Waals surface area contributed by atoms with Crippen LogP contribution in [0.4, 0.5) is 5.95 Å². The fourth-order valence-corrected chi connectivity index (χ4v) is 2.53. The molecular formula is C17H19N5O. The molecule has 23 heavy (non-hydrogen) atoms. The summed E-state index contributed by atoms with van der Waals surface area (Å²) in [6.07, 6.45) is 5.44. The third kappa shape index (κ3) is 3.01. The van der Waals surface area contributed by atoms with Crippen LogP contribution in [0.3, 0.4) is 0 Å². The van der Waals surface area contributed by atoms with E-state index in [-0.39, 0.29) is 5.91 Å². The smallest absolute Gasteiger partial charge is 0.253 e. The largest absolute Gasteiger partial charge is 0.357 e. The number of aromatic nitrogens is 3. The van der Waals surface area contributed by atoms with Crippen LogP contribution in [0.5, 0.6) is 0 Å².